The number of rotatable bonds is 4. The van der Waals surface area contributed by atoms with Crippen LogP contribution in [0.2, 0.25) is 0 Å². The van der Waals surface area contributed by atoms with Gasteiger partial charge in [-0.05, 0) is 111 Å². The molecule has 0 aromatic heterocycles. The monoisotopic (exact) mass is 374 g/mol. The molecule has 0 aromatic carbocycles. The zero-order chi connectivity index (χ0) is 19.4. The van der Waals surface area contributed by atoms with E-state index in [-0.39, 0.29) is 0 Å². The molecule has 3 saturated carbocycles. The summed E-state index contributed by atoms with van der Waals surface area (Å²) in [6.45, 7) is 12.1. The van der Waals surface area contributed by atoms with Crippen molar-refractivity contribution in [2.45, 2.75) is 111 Å². The summed E-state index contributed by atoms with van der Waals surface area (Å²) in [6, 6.07) is 0. The molecule has 0 aliphatic heterocycles. The Labute approximate surface area is 167 Å². The molecule has 4 aliphatic carbocycles. The average molecular weight is 375 g/mol. The molecule has 0 aromatic rings. The second kappa shape index (κ2) is 6.88. The first kappa shape index (κ1) is 20.0. The number of alkyl halides is 1. The topological polar surface area (TPSA) is 0 Å². The van der Waals surface area contributed by atoms with Gasteiger partial charge in [-0.2, -0.15) is 0 Å². The van der Waals surface area contributed by atoms with Crippen molar-refractivity contribution in [2.75, 3.05) is 0 Å². The highest BCUT2D eigenvalue weighted by Crippen LogP contribution is 2.71. The van der Waals surface area contributed by atoms with E-state index in [2.05, 4.69) is 33.8 Å². The first-order chi connectivity index (χ1) is 12.7. The summed E-state index contributed by atoms with van der Waals surface area (Å²) in [6.07, 6.45) is 16.4. The third-order valence-electron chi connectivity index (χ3n) is 10.3. The van der Waals surface area contributed by atoms with Crippen LogP contribution in [0, 0.1) is 39.9 Å². The van der Waals surface area contributed by atoms with Gasteiger partial charge in [-0.25, -0.2) is 4.39 Å². The molecule has 0 bridgehead atoms. The number of hydrogen-bond acceptors (Lipinski definition) is 0. The van der Waals surface area contributed by atoms with Crippen LogP contribution < -0.4 is 0 Å². The molecule has 0 N–H and O–H groups in total. The highest BCUT2D eigenvalue weighted by Gasteiger charge is 2.63. The molecule has 154 valence electrons. The van der Waals surface area contributed by atoms with Crippen molar-refractivity contribution in [1.82, 2.24) is 0 Å². The van der Waals surface area contributed by atoms with Gasteiger partial charge in [0.15, 0.2) is 0 Å². The van der Waals surface area contributed by atoms with Crippen LogP contribution in [-0.2, 0) is 0 Å². The first-order valence-electron chi connectivity index (χ1n) is 12.0. The van der Waals surface area contributed by atoms with Crippen molar-refractivity contribution in [3.05, 3.63) is 11.6 Å². The molecule has 4 rings (SSSR count). The van der Waals surface area contributed by atoms with Gasteiger partial charge in [0.25, 0.3) is 0 Å². The summed E-state index contributed by atoms with van der Waals surface area (Å²) in [4.78, 5) is 0. The fraction of sp³-hybridized carbons (Fsp3) is 0.923. The van der Waals surface area contributed by atoms with Crippen LogP contribution in [0.25, 0.3) is 0 Å². The van der Waals surface area contributed by atoms with E-state index in [1.807, 2.05) is 5.57 Å². The minimum atomic E-state index is -0.626. The van der Waals surface area contributed by atoms with E-state index in [1.165, 1.54) is 57.8 Å². The van der Waals surface area contributed by atoms with Gasteiger partial charge in [-0.1, -0.05) is 45.8 Å². The lowest BCUT2D eigenvalue weighted by molar-refractivity contribution is -0.107. The van der Waals surface area contributed by atoms with Crippen LogP contribution in [0.15, 0.2) is 11.6 Å². The number of fused-ring (bicyclic) bond motifs is 5. The molecule has 8 unspecified atom stereocenters. The molecule has 3 fully saturated rings. The van der Waals surface area contributed by atoms with Crippen LogP contribution in [0.1, 0.15) is 105 Å². The van der Waals surface area contributed by atoms with E-state index < -0.39 is 6.17 Å². The zero-order valence-corrected chi connectivity index (χ0v) is 18.6. The standard InChI is InChI=1S/C26H43F/c1-18-11-14-25(4)21(17-18)12-15-26(5)22-10-9-20(8-6-7-19(2)27)24(22,3)16-13-23(25)26/h12,18-20,22-23H,6-11,13-17H2,1-5H3. The largest absolute Gasteiger partial charge is 0.248 e. The van der Waals surface area contributed by atoms with E-state index in [0.29, 0.717) is 16.2 Å². The summed E-state index contributed by atoms with van der Waals surface area (Å²) in [5.41, 5.74) is 3.30. The van der Waals surface area contributed by atoms with Crippen molar-refractivity contribution in [2.24, 2.45) is 39.9 Å². The molecule has 0 saturated heterocycles. The lowest BCUT2D eigenvalue weighted by Crippen LogP contribution is -2.55. The average Bonchev–Trinajstić information content (AvgIpc) is 2.93. The van der Waals surface area contributed by atoms with Gasteiger partial charge in [-0.3, -0.25) is 0 Å². The van der Waals surface area contributed by atoms with E-state index in [0.717, 1.165) is 36.5 Å². The minimum absolute atomic E-state index is 0.475. The maximum Gasteiger partial charge on any atom is 0.0973 e. The molecule has 0 nitrogen and oxygen atoms in total. The highest BCUT2D eigenvalue weighted by molar-refractivity contribution is 5.27. The Morgan fingerprint density at radius 3 is 2.56 bits per heavy atom. The summed E-state index contributed by atoms with van der Waals surface area (Å²) in [7, 11) is 0. The van der Waals surface area contributed by atoms with Gasteiger partial charge in [0.1, 0.15) is 0 Å². The molecule has 0 amide bonds. The van der Waals surface area contributed by atoms with Gasteiger partial charge >= 0.3 is 0 Å². The van der Waals surface area contributed by atoms with E-state index in [4.69, 9.17) is 0 Å². The van der Waals surface area contributed by atoms with Gasteiger partial charge in [0, 0.05) is 0 Å². The zero-order valence-electron chi connectivity index (χ0n) is 18.6. The van der Waals surface area contributed by atoms with Crippen molar-refractivity contribution in [3.63, 3.8) is 0 Å². The number of halogens is 1. The van der Waals surface area contributed by atoms with Gasteiger partial charge in [0.05, 0.1) is 6.17 Å². The maximum absolute atomic E-state index is 13.3. The minimum Gasteiger partial charge on any atom is -0.248 e. The van der Waals surface area contributed by atoms with Gasteiger partial charge in [-0.15, -0.1) is 0 Å². The summed E-state index contributed by atoms with van der Waals surface area (Å²) in [5, 5.41) is 0. The Kier molecular flexibility index (Phi) is 5.08. The third-order valence-corrected chi connectivity index (χ3v) is 10.3. The third kappa shape index (κ3) is 3.05. The van der Waals surface area contributed by atoms with Crippen molar-refractivity contribution in [1.29, 1.82) is 0 Å². The molecular formula is C26H43F. The highest BCUT2D eigenvalue weighted by atomic mass is 19.1. The van der Waals surface area contributed by atoms with Gasteiger partial charge < -0.3 is 0 Å². The summed E-state index contributed by atoms with van der Waals surface area (Å²) in [5.74, 6) is 3.49. The number of allylic oxidation sites excluding steroid dienone is 2. The molecule has 0 radical (unpaired) electrons. The Morgan fingerprint density at radius 2 is 1.81 bits per heavy atom. The first-order valence-corrected chi connectivity index (χ1v) is 12.0. The SMILES string of the molecule is CC(F)CCCC1CCC2C1(C)CCC1C3(C)CCC(C)CC3=CCC12C. The second-order valence-corrected chi connectivity index (χ2v) is 11.8. The smallest absolute Gasteiger partial charge is 0.0973 e. The predicted octanol–water partition coefficient (Wildman–Crippen LogP) is 8.12. The molecule has 0 heterocycles. The molecule has 27 heavy (non-hydrogen) atoms. The molecule has 8 atom stereocenters. The van der Waals surface area contributed by atoms with Crippen LogP contribution in [0.3, 0.4) is 0 Å². The van der Waals surface area contributed by atoms with E-state index >= 15 is 0 Å². The van der Waals surface area contributed by atoms with Crippen LogP contribution in [0.5, 0.6) is 0 Å². The van der Waals surface area contributed by atoms with E-state index in [1.54, 1.807) is 6.92 Å². The molecule has 4 aliphatic rings. The summed E-state index contributed by atoms with van der Waals surface area (Å²) >= 11 is 0. The molecule has 1 heteroatoms. The Balaban J connectivity index is 1.57. The lowest BCUT2D eigenvalue weighted by atomic mass is 9.41. The van der Waals surface area contributed by atoms with Crippen molar-refractivity contribution >= 4 is 0 Å². The summed E-state index contributed by atoms with van der Waals surface area (Å²) < 4.78 is 13.3. The fourth-order valence-electron chi connectivity index (χ4n) is 8.73. The van der Waals surface area contributed by atoms with Crippen LogP contribution >= 0.6 is 0 Å². The Morgan fingerprint density at radius 1 is 1.04 bits per heavy atom. The van der Waals surface area contributed by atoms with Crippen molar-refractivity contribution < 1.29 is 4.39 Å². The van der Waals surface area contributed by atoms with Crippen LogP contribution in [-0.4, -0.2) is 6.17 Å². The maximum atomic E-state index is 13.3. The second-order valence-electron chi connectivity index (χ2n) is 11.8. The Bertz CT molecular complexity index is 591. The molecular weight excluding hydrogens is 331 g/mol. The normalized spacial score (nSPS) is 50.4. The van der Waals surface area contributed by atoms with Crippen LogP contribution in [0.4, 0.5) is 4.39 Å². The predicted molar refractivity (Wildman–Crippen MR) is 113 cm³/mol. The van der Waals surface area contributed by atoms with E-state index in [9.17, 15) is 4.39 Å². The van der Waals surface area contributed by atoms with Gasteiger partial charge in [0.2, 0.25) is 0 Å². The Hall–Kier alpha value is -0.330. The molecule has 0 spiro atoms. The quantitative estimate of drug-likeness (QED) is 0.436. The lowest BCUT2D eigenvalue weighted by Gasteiger charge is -2.63. The number of hydrogen-bond donors (Lipinski definition) is 0. The fourth-order valence-corrected chi connectivity index (χ4v) is 8.73. The van der Waals surface area contributed by atoms with Crippen molar-refractivity contribution in [3.8, 4) is 0 Å².